The van der Waals surface area contributed by atoms with E-state index in [0.717, 1.165) is 11.3 Å². The molecule has 6 heteroatoms. The van der Waals surface area contributed by atoms with Crippen LogP contribution in [0.25, 0.3) is 0 Å². The van der Waals surface area contributed by atoms with Gasteiger partial charge >= 0.3 is 0 Å². The Balaban J connectivity index is 1.93. The third kappa shape index (κ3) is 2.68. The molecule has 1 heterocycles. The number of amides is 1. The Bertz CT molecular complexity index is 712. The van der Waals surface area contributed by atoms with E-state index in [-0.39, 0.29) is 11.6 Å². The van der Waals surface area contributed by atoms with E-state index in [1.807, 2.05) is 24.3 Å². The van der Waals surface area contributed by atoms with E-state index in [9.17, 15) is 14.9 Å². The SMILES string of the molecule is O=C(c1ccc([N+](=O)[O-])cc1)N1CCOCc2ccccc21. The van der Waals surface area contributed by atoms with E-state index >= 15 is 0 Å². The standard InChI is InChI=1S/C16H14N2O4/c19-16(12-5-7-14(8-6-12)18(20)21)17-9-10-22-11-13-3-1-2-4-15(13)17/h1-8H,9-11H2. The number of ether oxygens (including phenoxy) is 1. The zero-order valence-corrected chi connectivity index (χ0v) is 11.8. The molecule has 1 aliphatic rings. The predicted octanol–water partition coefficient (Wildman–Crippen LogP) is 2.77. The number of anilines is 1. The first-order valence-electron chi connectivity index (χ1n) is 6.89. The molecule has 3 rings (SSSR count). The zero-order valence-electron chi connectivity index (χ0n) is 11.8. The average Bonchev–Trinajstić information content (AvgIpc) is 2.76. The number of hydrogen-bond donors (Lipinski definition) is 0. The van der Waals surface area contributed by atoms with Crippen LogP contribution in [-0.4, -0.2) is 24.0 Å². The number of carbonyl (C=O) groups is 1. The van der Waals surface area contributed by atoms with E-state index in [4.69, 9.17) is 4.74 Å². The molecule has 2 aromatic rings. The van der Waals surface area contributed by atoms with Gasteiger partial charge in [-0.15, -0.1) is 0 Å². The number of fused-ring (bicyclic) bond motifs is 1. The lowest BCUT2D eigenvalue weighted by Gasteiger charge is -2.22. The van der Waals surface area contributed by atoms with E-state index in [1.54, 1.807) is 4.90 Å². The summed E-state index contributed by atoms with van der Waals surface area (Å²) in [5.41, 5.74) is 2.16. The summed E-state index contributed by atoms with van der Waals surface area (Å²) in [5, 5.41) is 10.7. The van der Waals surface area contributed by atoms with Crippen LogP contribution in [0.5, 0.6) is 0 Å². The summed E-state index contributed by atoms with van der Waals surface area (Å²) in [6.45, 7) is 1.38. The summed E-state index contributed by atoms with van der Waals surface area (Å²) in [6.07, 6.45) is 0. The smallest absolute Gasteiger partial charge is 0.269 e. The second kappa shape index (κ2) is 5.95. The number of carbonyl (C=O) groups excluding carboxylic acids is 1. The minimum absolute atomic E-state index is 0.0313. The molecule has 0 bridgehead atoms. The lowest BCUT2D eigenvalue weighted by molar-refractivity contribution is -0.384. The second-order valence-electron chi connectivity index (χ2n) is 4.94. The van der Waals surface area contributed by atoms with Crippen LogP contribution in [0.1, 0.15) is 15.9 Å². The van der Waals surface area contributed by atoms with Crippen LogP contribution in [0.3, 0.4) is 0 Å². The van der Waals surface area contributed by atoms with Gasteiger partial charge in [-0.05, 0) is 18.2 Å². The van der Waals surface area contributed by atoms with Crippen molar-refractivity contribution in [1.29, 1.82) is 0 Å². The fourth-order valence-corrected chi connectivity index (χ4v) is 2.45. The Morgan fingerprint density at radius 2 is 1.86 bits per heavy atom. The number of nitro groups is 1. The van der Waals surface area contributed by atoms with Crippen LogP contribution < -0.4 is 4.90 Å². The number of nitrogens with zero attached hydrogens (tertiary/aromatic N) is 2. The molecule has 0 unspecified atom stereocenters. The van der Waals surface area contributed by atoms with Crippen LogP contribution in [0, 0.1) is 10.1 Å². The maximum absolute atomic E-state index is 12.7. The molecular formula is C16H14N2O4. The molecule has 0 spiro atoms. The molecule has 0 saturated heterocycles. The number of nitro benzene ring substituents is 1. The van der Waals surface area contributed by atoms with Gasteiger partial charge in [-0.2, -0.15) is 0 Å². The highest BCUT2D eigenvalue weighted by Crippen LogP contribution is 2.25. The van der Waals surface area contributed by atoms with Gasteiger partial charge in [-0.3, -0.25) is 14.9 Å². The normalized spacial score (nSPS) is 14.1. The average molecular weight is 298 g/mol. The van der Waals surface area contributed by atoms with Crippen molar-refractivity contribution in [3.63, 3.8) is 0 Å². The van der Waals surface area contributed by atoms with Gasteiger partial charge < -0.3 is 9.64 Å². The highest BCUT2D eigenvalue weighted by molar-refractivity contribution is 6.06. The molecule has 0 saturated carbocycles. The first kappa shape index (κ1) is 14.2. The zero-order chi connectivity index (χ0) is 15.5. The van der Waals surface area contributed by atoms with Gasteiger partial charge in [0.25, 0.3) is 11.6 Å². The lowest BCUT2D eigenvalue weighted by atomic mass is 10.1. The molecule has 1 aliphatic heterocycles. The second-order valence-corrected chi connectivity index (χ2v) is 4.94. The van der Waals surface area contributed by atoms with Gasteiger partial charge in [-0.25, -0.2) is 0 Å². The summed E-state index contributed by atoms with van der Waals surface area (Å²) in [6, 6.07) is 13.2. The van der Waals surface area contributed by atoms with Gasteiger partial charge in [0.05, 0.1) is 18.1 Å². The van der Waals surface area contributed by atoms with Gasteiger partial charge in [0, 0.05) is 35.5 Å². The fourth-order valence-electron chi connectivity index (χ4n) is 2.45. The Morgan fingerprint density at radius 1 is 1.14 bits per heavy atom. The minimum Gasteiger partial charge on any atom is -0.375 e. The van der Waals surface area contributed by atoms with Crippen molar-refractivity contribution in [2.75, 3.05) is 18.1 Å². The maximum atomic E-state index is 12.7. The van der Waals surface area contributed by atoms with Crippen LogP contribution in [0.15, 0.2) is 48.5 Å². The molecule has 0 fully saturated rings. The third-order valence-corrected chi connectivity index (χ3v) is 3.57. The summed E-state index contributed by atoms with van der Waals surface area (Å²) < 4.78 is 5.50. The Morgan fingerprint density at radius 3 is 2.59 bits per heavy atom. The minimum atomic E-state index is -0.483. The van der Waals surface area contributed by atoms with Gasteiger partial charge in [0.1, 0.15) is 0 Å². The number of hydrogen-bond acceptors (Lipinski definition) is 4. The summed E-state index contributed by atoms with van der Waals surface area (Å²) in [5.74, 6) is -0.187. The maximum Gasteiger partial charge on any atom is 0.269 e. The van der Waals surface area contributed by atoms with E-state index < -0.39 is 4.92 Å². The van der Waals surface area contributed by atoms with Crippen molar-refractivity contribution in [3.05, 3.63) is 69.8 Å². The molecule has 112 valence electrons. The van der Waals surface area contributed by atoms with E-state index in [2.05, 4.69) is 0 Å². The summed E-state index contributed by atoms with van der Waals surface area (Å²) in [4.78, 5) is 24.6. The van der Waals surface area contributed by atoms with Crippen molar-refractivity contribution in [1.82, 2.24) is 0 Å². The molecule has 0 aromatic heterocycles. The number of rotatable bonds is 2. The molecule has 0 aliphatic carbocycles. The Hall–Kier alpha value is -2.73. The Kier molecular flexibility index (Phi) is 3.84. The highest BCUT2D eigenvalue weighted by Gasteiger charge is 2.22. The predicted molar refractivity (Wildman–Crippen MR) is 80.9 cm³/mol. The molecule has 2 aromatic carbocycles. The molecule has 22 heavy (non-hydrogen) atoms. The molecule has 0 radical (unpaired) electrons. The number of non-ortho nitro benzene ring substituents is 1. The van der Waals surface area contributed by atoms with Crippen LogP contribution in [0.2, 0.25) is 0 Å². The van der Waals surface area contributed by atoms with Crippen molar-refractivity contribution < 1.29 is 14.5 Å². The van der Waals surface area contributed by atoms with E-state index in [1.165, 1.54) is 24.3 Å². The first-order valence-corrected chi connectivity index (χ1v) is 6.89. The molecule has 0 N–H and O–H groups in total. The monoisotopic (exact) mass is 298 g/mol. The van der Waals surface area contributed by atoms with Crippen LogP contribution in [0.4, 0.5) is 11.4 Å². The quantitative estimate of drug-likeness (QED) is 0.631. The molecular weight excluding hydrogens is 284 g/mol. The molecule has 6 nitrogen and oxygen atoms in total. The summed E-state index contributed by atoms with van der Waals surface area (Å²) >= 11 is 0. The first-order chi connectivity index (χ1) is 10.7. The number of para-hydroxylation sites is 1. The van der Waals surface area contributed by atoms with Crippen LogP contribution in [-0.2, 0) is 11.3 Å². The summed E-state index contributed by atoms with van der Waals surface area (Å²) in [7, 11) is 0. The van der Waals surface area contributed by atoms with Crippen LogP contribution >= 0.6 is 0 Å². The van der Waals surface area contributed by atoms with Crippen molar-refractivity contribution in [2.24, 2.45) is 0 Å². The number of benzene rings is 2. The lowest BCUT2D eigenvalue weighted by Crippen LogP contribution is -2.33. The van der Waals surface area contributed by atoms with Crippen molar-refractivity contribution in [3.8, 4) is 0 Å². The molecule has 0 atom stereocenters. The largest absolute Gasteiger partial charge is 0.375 e. The third-order valence-electron chi connectivity index (χ3n) is 3.57. The topological polar surface area (TPSA) is 72.7 Å². The van der Waals surface area contributed by atoms with Gasteiger partial charge in [0.15, 0.2) is 0 Å². The van der Waals surface area contributed by atoms with Gasteiger partial charge in [-0.1, -0.05) is 18.2 Å². The van der Waals surface area contributed by atoms with Crippen molar-refractivity contribution in [2.45, 2.75) is 6.61 Å². The van der Waals surface area contributed by atoms with Crippen molar-refractivity contribution >= 4 is 17.3 Å². The highest BCUT2D eigenvalue weighted by atomic mass is 16.6. The van der Waals surface area contributed by atoms with E-state index in [0.29, 0.717) is 25.3 Å². The Labute approximate surface area is 127 Å². The fraction of sp³-hybridized carbons (Fsp3) is 0.188. The van der Waals surface area contributed by atoms with Gasteiger partial charge in [0.2, 0.25) is 0 Å². The molecule has 1 amide bonds.